The number of amides is 1. The highest BCUT2D eigenvalue weighted by Crippen LogP contribution is 2.41. The van der Waals surface area contributed by atoms with Crippen LogP contribution in [0.1, 0.15) is 69.4 Å². The Hall–Kier alpha value is -2.04. The van der Waals surface area contributed by atoms with Gasteiger partial charge in [0.1, 0.15) is 11.5 Å². The van der Waals surface area contributed by atoms with Crippen molar-refractivity contribution < 1.29 is 19.4 Å². The smallest absolute Gasteiger partial charge is 0.410 e. The fourth-order valence-corrected chi connectivity index (χ4v) is 3.61. The maximum absolute atomic E-state index is 12.5. The van der Waals surface area contributed by atoms with E-state index in [1.807, 2.05) is 45.0 Å². The number of aliphatic carboxylic acids is 1. The Labute approximate surface area is 149 Å². The Morgan fingerprint density at radius 2 is 1.80 bits per heavy atom. The summed E-state index contributed by atoms with van der Waals surface area (Å²) in [4.78, 5) is 26.1. The fraction of sp³-hybridized carbons (Fsp3) is 0.600. The summed E-state index contributed by atoms with van der Waals surface area (Å²) in [6, 6.07) is 7.54. The molecule has 1 aliphatic heterocycles. The molecule has 0 spiro atoms. The molecule has 1 unspecified atom stereocenters. The summed E-state index contributed by atoms with van der Waals surface area (Å²) in [5.74, 6) is -0.968. The van der Waals surface area contributed by atoms with Gasteiger partial charge in [0.15, 0.2) is 0 Å². The third-order valence-electron chi connectivity index (χ3n) is 4.92. The van der Waals surface area contributed by atoms with Crippen LogP contribution in [0.25, 0.3) is 0 Å². The van der Waals surface area contributed by atoms with Gasteiger partial charge in [0.05, 0.1) is 6.04 Å². The van der Waals surface area contributed by atoms with Gasteiger partial charge in [-0.2, -0.15) is 0 Å². The molecule has 2 fully saturated rings. The van der Waals surface area contributed by atoms with E-state index < -0.39 is 23.6 Å². The van der Waals surface area contributed by atoms with E-state index in [2.05, 4.69) is 0 Å². The minimum atomic E-state index is -0.889. The van der Waals surface area contributed by atoms with Crippen molar-refractivity contribution in [2.24, 2.45) is 0 Å². The molecule has 1 amide bonds. The molecule has 0 bridgehead atoms. The lowest BCUT2D eigenvalue weighted by molar-refractivity contribution is -0.140. The summed E-state index contributed by atoms with van der Waals surface area (Å²) in [6.45, 7) is 6.01. The topological polar surface area (TPSA) is 66.8 Å². The molecule has 0 radical (unpaired) electrons. The average Bonchev–Trinajstić information content (AvgIpc) is 3.25. The molecular formula is C20H27NO4. The molecule has 2 atom stereocenters. The highest BCUT2D eigenvalue weighted by atomic mass is 16.6. The number of likely N-dealkylation sites (tertiary alicyclic amines) is 1. The van der Waals surface area contributed by atoms with E-state index in [9.17, 15) is 14.7 Å². The van der Waals surface area contributed by atoms with Crippen LogP contribution in [0.5, 0.6) is 0 Å². The van der Waals surface area contributed by atoms with E-state index in [1.54, 1.807) is 4.90 Å². The van der Waals surface area contributed by atoms with E-state index >= 15 is 0 Å². The minimum Gasteiger partial charge on any atom is -0.481 e. The number of hydrogen-bond acceptors (Lipinski definition) is 3. The first-order valence-electron chi connectivity index (χ1n) is 9.08. The lowest BCUT2D eigenvalue weighted by Crippen LogP contribution is -2.44. The second-order valence-electron chi connectivity index (χ2n) is 8.14. The van der Waals surface area contributed by atoms with Crippen molar-refractivity contribution in [2.45, 2.75) is 69.9 Å². The summed E-state index contributed by atoms with van der Waals surface area (Å²) in [7, 11) is 0. The van der Waals surface area contributed by atoms with Crippen molar-refractivity contribution in [3.05, 3.63) is 35.4 Å². The number of nitrogens with zero attached hydrogens (tertiary/aromatic N) is 1. The highest BCUT2D eigenvalue weighted by Gasteiger charge is 2.41. The largest absolute Gasteiger partial charge is 0.481 e. The zero-order chi connectivity index (χ0) is 18.2. The molecule has 136 valence electrons. The number of carbonyl (C=O) groups excluding carboxylic acids is 1. The van der Waals surface area contributed by atoms with E-state index in [0.717, 1.165) is 12.0 Å². The monoisotopic (exact) mass is 345 g/mol. The molecule has 1 heterocycles. The highest BCUT2D eigenvalue weighted by molar-refractivity contribution is 5.79. The molecule has 1 saturated carbocycles. The number of carboxylic acid groups (broad SMARTS) is 1. The SMILES string of the molecule is CC(C)(C)OC(=O)N1CCCC1[C@@H](C(=O)O)c1ccc(C2CC2)cc1. The second-order valence-corrected chi connectivity index (χ2v) is 8.14. The number of carboxylic acids is 1. The number of rotatable bonds is 4. The van der Waals surface area contributed by atoms with E-state index in [1.165, 1.54) is 18.4 Å². The summed E-state index contributed by atoms with van der Waals surface area (Å²) < 4.78 is 5.47. The van der Waals surface area contributed by atoms with Crippen molar-refractivity contribution in [3.8, 4) is 0 Å². The van der Waals surface area contributed by atoms with Crippen LogP contribution in [0.15, 0.2) is 24.3 Å². The Morgan fingerprint density at radius 1 is 1.16 bits per heavy atom. The van der Waals surface area contributed by atoms with Crippen LogP contribution in [0.2, 0.25) is 0 Å². The van der Waals surface area contributed by atoms with Crippen molar-refractivity contribution in [3.63, 3.8) is 0 Å². The molecule has 25 heavy (non-hydrogen) atoms. The van der Waals surface area contributed by atoms with Crippen molar-refractivity contribution in [2.75, 3.05) is 6.54 Å². The summed E-state index contributed by atoms with van der Waals surface area (Å²) >= 11 is 0. The maximum Gasteiger partial charge on any atom is 0.410 e. The van der Waals surface area contributed by atoms with Crippen LogP contribution in [0, 0.1) is 0 Å². The van der Waals surface area contributed by atoms with E-state index in [-0.39, 0.29) is 6.04 Å². The van der Waals surface area contributed by atoms with Crippen LogP contribution in [0.3, 0.4) is 0 Å². The van der Waals surface area contributed by atoms with Crippen LogP contribution in [0.4, 0.5) is 4.79 Å². The first-order chi connectivity index (χ1) is 11.8. The predicted molar refractivity (Wildman–Crippen MR) is 94.8 cm³/mol. The van der Waals surface area contributed by atoms with E-state index in [0.29, 0.717) is 18.9 Å². The van der Waals surface area contributed by atoms with Gasteiger partial charge in [-0.1, -0.05) is 24.3 Å². The molecule has 1 aliphatic carbocycles. The van der Waals surface area contributed by atoms with Gasteiger partial charge in [-0.3, -0.25) is 4.79 Å². The maximum atomic E-state index is 12.5. The minimum absolute atomic E-state index is 0.362. The molecule has 1 aromatic carbocycles. The lowest BCUT2D eigenvalue weighted by atomic mass is 9.89. The number of benzene rings is 1. The van der Waals surface area contributed by atoms with Gasteiger partial charge >= 0.3 is 12.1 Å². The summed E-state index contributed by atoms with van der Waals surface area (Å²) in [5, 5.41) is 9.83. The second kappa shape index (κ2) is 6.70. The van der Waals surface area contributed by atoms with Gasteiger partial charge < -0.3 is 14.7 Å². The zero-order valence-electron chi connectivity index (χ0n) is 15.2. The molecule has 1 aromatic rings. The quantitative estimate of drug-likeness (QED) is 0.891. The van der Waals surface area contributed by atoms with Crippen LogP contribution in [-0.2, 0) is 9.53 Å². The Bertz CT molecular complexity index is 643. The third kappa shape index (κ3) is 4.14. The van der Waals surface area contributed by atoms with Crippen molar-refractivity contribution >= 4 is 12.1 Å². The van der Waals surface area contributed by atoms with Crippen LogP contribution in [-0.4, -0.2) is 40.3 Å². The van der Waals surface area contributed by atoms with Gasteiger partial charge in [0.25, 0.3) is 0 Å². The molecule has 0 aromatic heterocycles. The predicted octanol–water partition coefficient (Wildman–Crippen LogP) is 4.13. The van der Waals surface area contributed by atoms with Gasteiger partial charge in [-0.25, -0.2) is 4.79 Å². The van der Waals surface area contributed by atoms with Crippen LogP contribution >= 0.6 is 0 Å². The summed E-state index contributed by atoms with van der Waals surface area (Å²) in [6.07, 6.45) is 3.50. The van der Waals surface area contributed by atoms with Gasteiger partial charge in [-0.15, -0.1) is 0 Å². The number of hydrogen-bond donors (Lipinski definition) is 1. The lowest BCUT2D eigenvalue weighted by Gasteiger charge is -2.31. The van der Waals surface area contributed by atoms with Gasteiger partial charge in [0.2, 0.25) is 0 Å². The number of ether oxygens (including phenoxy) is 1. The Kier molecular flexibility index (Phi) is 4.76. The summed E-state index contributed by atoms with van der Waals surface area (Å²) in [5.41, 5.74) is 1.45. The zero-order valence-corrected chi connectivity index (χ0v) is 15.2. The van der Waals surface area contributed by atoms with Crippen molar-refractivity contribution in [1.82, 2.24) is 4.90 Å². The molecule has 2 aliphatic rings. The van der Waals surface area contributed by atoms with Gasteiger partial charge in [0, 0.05) is 6.54 Å². The Balaban J connectivity index is 1.81. The van der Waals surface area contributed by atoms with Crippen LogP contribution < -0.4 is 0 Å². The fourth-order valence-electron chi connectivity index (χ4n) is 3.61. The molecule has 3 rings (SSSR count). The first-order valence-corrected chi connectivity index (χ1v) is 9.08. The normalized spacial score (nSPS) is 21.9. The number of carbonyl (C=O) groups is 2. The molecular weight excluding hydrogens is 318 g/mol. The molecule has 5 nitrogen and oxygen atoms in total. The third-order valence-corrected chi connectivity index (χ3v) is 4.92. The first kappa shape index (κ1) is 17.8. The molecule has 1 N–H and O–H groups in total. The van der Waals surface area contributed by atoms with Gasteiger partial charge in [-0.05, 0) is 63.5 Å². The van der Waals surface area contributed by atoms with Crippen molar-refractivity contribution in [1.29, 1.82) is 0 Å². The molecule has 1 saturated heterocycles. The van der Waals surface area contributed by atoms with E-state index in [4.69, 9.17) is 4.74 Å². The average molecular weight is 345 g/mol. The Morgan fingerprint density at radius 3 is 2.32 bits per heavy atom. The molecule has 5 heteroatoms. The standard InChI is InChI=1S/C20H27NO4/c1-20(2,3)25-19(24)21-12-4-5-16(21)17(18(22)23)15-10-8-14(9-11-15)13-6-7-13/h8-11,13,16-17H,4-7,12H2,1-3H3,(H,22,23)/t16?,17-/m0/s1.